The number of hydrogen-bond donors (Lipinski definition) is 0. The van der Waals surface area contributed by atoms with Crippen molar-refractivity contribution in [1.29, 1.82) is 0 Å². The van der Waals surface area contributed by atoms with E-state index in [-0.39, 0.29) is 17.4 Å². The van der Waals surface area contributed by atoms with Gasteiger partial charge in [0.15, 0.2) is 0 Å². The Hall–Kier alpha value is -1.85. The summed E-state index contributed by atoms with van der Waals surface area (Å²) in [5.41, 5.74) is 1.07. The highest BCUT2D eigenvalue weighted by molar-refractivity contribution is 7.09. The lowest BCUT2D eigenvalue weighted by Crippen LogP contribution is -2.50. The Morgan fingerprint density at radius 3 is 2.70 bits per heavy atom. The Bertz CT molecular complexity index is 779. The number of likely N-dealkylation sites (tertiary alicyclic amines) is 1. The van der Waals surface area contributed by atoms with Crippen LogP contribution in [0.25, 0.3) is 0 Å². The minimum atomic E-state index is -0.127. The molecule has 0 bridgehead atoms. The molecule has 3 heterocycles. The number of fused-ring (bicyclic) bond motifs is 1. The lowest BCUT2D eigenvalue weighted by molar-refractivity contribution is -0.129. The Morgan fingerprint density at radius 1 is 1.22 bits per heavy atom. The molecule has 1 aromatic carbocycles. The first kappa shape index (κ1) is 18.5. The van der Waals surface area contributed by atoms with Crippen molar-refractivity contribution in [2.45, 2.75) is 43.7 Å². The van der Waals surface area contributed by atoms with Crippen LogP contribution in [0.3, 0.4) is 0 Å². The molecule has 1 atom stereocenters. The number of ether oxygens (including phenoxy) is 1. The van der Waals surface area contributed by atoms with E-state index in [2.05, 4.69) is 40.6 Å². The molecule has 1 spiro atoms. The normalized spacial score (nSPS) is 21.5. The maximum Gasteiger partial charge on any atom is 0.222 e. The first-order chi connectivity index (χ1) is 13.0. The Balaban J connectivity index is 1.48. The predicted octanol–water partition coefficient (Wildman–Crippen LogP) is 4.13. The van der Waals surface area contributed by atoms with Crippen LogP contribution in [0.2, 0.25) is 0 Å². The fourth-order valence-electron chi connectivity index (χ4n) is 4.37. The lowest BCUT2D eigenvalue weighted by Gasteiger charge is -2.47. The van der Waals surface area contributed by atoms with Crippen LogP contribution in [0.15, 0.2) is 41.8 Å². The molecule has 4 rings (SSSR count). The number of carbonyl (C=O) groups excluding carboxylic acids is 1. The molecule has 1 aromatic heterocycles. The van der Waals surface area contributed by atoms with Crippen LogP contribution in [0.1, 0.15) is 42.0 Å². The topological polar surface area (TPSA) is 32.8 Å². The number of rotatable bonds is 4. The highest BCUT2D eigenvalue weighted by Gasteiger charge is 2.43. The largest absolute Gasteiger partial charge is 0.487 e. The standard InChI is InChI=1S/C22H28N2O2S/c1-23(2)21(25)14-17-15-22(26-20-8-4-3-7-19(17)20)9-11-24(12-10-22)16-18-6-5-13-27-18/h3-8,13,17H,9-12,14-16H2,1-2H3. The molecule has 1 fully saturated rings. The summed E-state index contributed by atoms with van der Waals surface area (Å²) in [5, 5.41) is 2.15. The van der Waals surface area contributed by atoms with Gasteiger partial charge in [-0.2, -0.15) is 0 Å². The molecule has 0 N–H and O–H groups in total. The van der Waals surface area contributed by atoms with E-state index in [1.165, 1.54) is 10.4 Å². The molecule has 1 amide bonds. The molecular weight excluding hydrogens is 356 g/mol. The summed E-state index contributed by atoms with van der Waals surface area (Å²) in [6.45, 7) is 3.13. The van der Waals surface area contributed by atoms with E-state index in [1.54, 1.807) is 4.90 Å². The maximum atomic E-state index is 12.4. The van der Waals surface area contributed by atoms with Crippen molar-refractivity contribution in [1.82, 2.24) is 9.80 Å². The van der Waals surface area contributed by atoms with Gasteiger partial charge in [-0.15, -0.1) is 11.3 Å². The molecular formula is C22H28N2O2S. The van der Waals surface area contributed by atoms with E-state index in [0.29, 0.717) is 6.42 Å². The van der Waals surface area contributed by atoms with Crippen LogP contribution >= 0.6 is 11.3 Å². The molecule has 0 aliphatic carbocycles. The molecule has 4 nitrogen and oxygen atoms in total. The van der Waals surface area contributed by atoms with Crippen molar-refractivity contribution in [3.05, 3.63) is 52.2 Å². The van der Waals surface area contributed by atoms with Gasteiger partial charge in [-0.25, -0.2) is 0 Å². The Labute approximate surface area is 165 Å². The van der Waals surface area contributed by atoms with E-state index in [4.69, 9.17) is 4.74 Å². The monoisotopic (exact) mass is 384 g/mol. The van der Waals surface area contributed by atoms with Gasteiger partial charge >= 0.3 is 0 Å². The third kappa shape index (κ3) is 4.04. The van der Waals surface area contributed by atoms with Gasteiger partial charge in [0.05, 0.1) is 0 Å². The number of thiophene rings is 1. The Kier molecular flexibility index (Phi) is 5.24. The molecule has 144 valence electrons. The van der Waals surface area contributed by atoms with E-state index in [1.807, 2.05) is 31.5 Å². The molecule has 1 saturated heterocycles. The van der Waals surface area contributed by atoms with Crippen LogP contribution in [0, 0.1) is 0 Å². The van der Waals surface area contributed by atoms with E-state index >= 15 is 0 Å². The summed E-state index contributed by atoms with van der Waals surface area (Å²) in [7, 11) is 3.68. The second-order valence-corrected chi connectivity index (χ2v) is 9.10. The van der Waals surface area contributed by atoms with E-state index in [9.17, 15) is 4.79 Å². The van der Waals surface area contributed by atoms with Gasteiger partial charge in [0.1, 0.15) is 11.4 Å². The average molecular weight is 385 g/mol. The Morgan fingerprint density at radius 2 is 2.00 bits per heavy atom. The van der Waals surface area contributed by atoms with Gasteiger partial charge in [0.2, 0.25) is 5.91 Å². The number of benzene rings is 1. The zero-order valence-corrected chi connectivity index (χ0v) is 17.0. The number of para-hydroxylation sites is 1. The van der Waals surface area contributed by atoms with E-state index < -0.39 is 0 Å². The molecule has 2 aromatic rings. The minimum Gasteiger partial charge on any atom is -0.487 e. The number of amides is 1. The summed E-state index contributed by atoms with van der Waals surface area (Å²) in [5.74, 6) is 1.42. The summed E-state index contributed by atoms with van der Waals surface area (Å²) in [6, 6.07) is 12.6. The first-order valence-corrected chi connectivity index (χ1v) is 10.7. The fourth-order valence-corrected chi connectivity index (χ4v) is 5.11. The maximum absolute atomic E-state index is 12.4. The summed E-state index contributed by atoms with van der Waals surface area (Å²) in [6.07, 6.45) is 3.56. The van der Waals surface area contributed by atoms with Crippen molar-refractivity contribution in [2.75, 3.05) is 27.2 Å². The lowest BCUT2D eigenvalue weighted by atomic mass is 9.76. The number of hydrogen-bond acceptors (Lipinski definition) is 4. The predicted molar refractivity (Wildman–Crippen MR) is 109 cm³/mol. The van der Waals surface area contributed by atoms with Crippen molar-refractivity contribution < 1.29 is 9.53 Å². The third-order valence-corrected chi connectivity index (χ3v) is 6.81. The molecule has 0 saturated carbocycles. The molecule has 1 unspecified atom stereocenters. The summed E-state index contributed by atoms with van der Waals surface area (Å²) < 4.78 is 6.57. The number of nitrogens with zero attached hydrogens (tertiary/aromatic N) is 2. The van der Waals surface area contributed by atoms with Crippen molar-refractivity contribution >= 4 is 17.2 Å². The SMILES string of the molecule is CN(C)C(=O)CC1CC2(CCN(Cc3cccs3)CC2)Oc2ccccc21. The smallest absolute Gasteiger partial charge is 0.222 e. The van der Waals surface area contributed by atoms with Crippen LogP contribution in [0.5, 0.6) is 5.75 Å². The third-order valence-electron chi connectivity index (χ3n) is 5.95. The van der Waals surface area contributed by atoms with Crippen molar-refractivity contribution in [3.63, 3.8) is 0 Å². The summed E-state index contributed by atoms with van der Waals surface area (Å²) in [4.78, 5) is 18.1. The highest BCUT2D eigenvalue weighted by atomic mass is 32.1. The zero-order chi connectivity index (χ0) is 18.9. The molecule has 0 radical (unpaired) electrons. The van der Waals surface area contributed by atoms with Gasteiger partial charge in [0.25, 0.3) is 0 Å². The van der Waals surface area contributed by atoms with Gasteiger partial charge in [0, 0.05) is 50.9 Å². The van der Waals surface area contributed by atoms with Gasteiger partial charge in [-0.05, 0) is 42.3 Å². The molecule has 5 heteroatoms. The van der Waals surface area contributed by atoms with Crippen molar-refractivity contribution in [2.24, 2.45) is 0 Å². The van der Waals surface area contributed by atoms with Crippen LogP contribution in [-0.4, -0.2) is 48.5 Å². The van der Waals surface area contributed by atoms with Crippen molar-refractivity contribution in [3.8, 4) is 5.75 Å². The first-order valence-electron chi connectivity index (χ1n) is 9.77. The second kappa shape index (κ2) is 7.64. The van der Waals surface area contributed by atoms with E-state index in [0.717, 1.165) is 44.6 Å². The second-order valence-electron chi connectivity index (χ2n) is 8.07. The molecule has 2 aliphatic rings. The number of piperidine rings is 1. The quantitative estimate of drug-likeness (QED) is 0.795. The molecule has 2 aliphatic heterocycles. The molecule has 27 heavy (non-hydrogen) atoms. The van der Waals surface area contributed by atoms with Gasteiger partial charge in [-0.1, -0.05) is 24.3 Å². The summed E-state index contributed by atoms with van der Waals surface area (Å²) >= 11 is 1.83. The van der Waals surface area contributed by atoms with Gasteiger partial charge < -0.3 is 9.64 Å². The van der Waals surface area contributed by atoms with Crippen LogP contribution in [0.4, 0.5) is 0 Å². The minimum absolute atomic E-state index is 0.127. The number of carbonyl (C=O) groups is 1. The average Bonchev–Trinajstić information content (AvgIpc) is 3.17. The fraction of sp³-hybridized carbons (Fsp3) is 0.500. The van der Waals surface area contributed by atoms with Crippen LogP contribution in [-0.2, 0) is 11.3 Å². The zero-order valence-electron chi connectivity index (χ0n) is 16.2. The van der Waals surface area contributed by atoms with Crippen LogP contribution < -0.4 is 4.74 Å². The highest BCUT2D eigenvalue weighted by Crippen LogP contribution is 2.46. The van der Waals surface area contributed by atoms with Gasteiger partial charge in [-0.3, -0.25) is 9.69 Å².